The first-order chi connectivity index (χ1) is 9.67. The summed E-state index contributed by atoms with van der Waals surface area (Å²) < 4.78 is 3.74. The standard InChI is InChI=1S/C12H10Br2N6/c13-7-1-2-8(14)9(5-7)17-11-12-16-3-4-20(12)6-10(18-11)19-15/h1-6,19H,15H2,(H,17,18). The van der Waals surface area contributed by atoms with Crippen molar-refractivity contribution >= 4 is 54.8 Å². The third-order valence-corrected chi connectivity index (χ3v) is 3.89. The molecular weight excluding hydrogens is 388 g/mol. The van der Waals surface area contributed by atoms with Crippen molar-refractivity contribution < 1.29 is 0 Å². The largest absolute Gasteiger partial charge is 0.336 e. The number of imidazole rings is 1. The number of nitrogens with one attached hydrogen (secondary N) is 2. The van der Waals surface area contributed by atoms with E-state index in [1.807, 2.05) is 28.8 Å². The molecule has 0 atom stereocenters. The van der Waals surface area contributed by atoms with Gasteiger partial charge >= 0.3 is 0 Å². The zero-order valence-electron chi connectivity index (χ0n) is 10.1. The molecule has 0 aliphatic carbocycles. The fraction of sp³-hybridized carbons (Fsp3) is 0. The Labute approximate surface area is 131 Å². The van der Waals surface area contributed by atoms with E-state index >= 15 is 0 Å². The SMILES string of the molecule is NNc1cn2ccnc2c(Nc2cc(Br)ccc2Br)n1. The quantitative estimate of drug-likeness (QED) is 0.466. The highest BCUT2D eigenvalue weighted by Crippen LogP contribution is 2.29. The first kappa shape index (κ1) is 13.3. The van der Waals surface area contributed by atoms with Crippen LogP contribution in [0.2, 0.25) is 0 Å². The Morgan fingerprint density at radius 2 is 2.10 bits per heavy atom. The molecule has 0 amide bonds. The number of nitrogens with zero attached hydrogens (tertiary/aromatic N) is 3. The van der Waals surface area contributed by atoms with Crippen molar-refractivity contribution in [3.05, 3.63) is 45.7 Å². The van der Waals surface area contributed by atoms with Gasteiger partial charge < -0.3 is 15.1 Å². The Balaban J connectivity index is 2.09. The molecule has 1 aromatic carbocycles. The van der Waals surface area contributed by atoms with Gasteiger partial charge in [0.2, 0.25) is 0 Å². The highest BCUT2D eigenvalue weighted by Gasteiger charge is 2.09. The van der Waals surface area contributed by atoms with Crippen LogP contribution in [-0.2, 0) is 0 Å². The van der Waals surface area contributed by atoms with E-state index in [1.165, 1.54) is 0 Å². The lowest BCUT2D eigenvalue weighted by molar-refractivity contribution is 1.11. The molecule has 3 rings (SSSR count). The van der Waals surface area contributed by atoms with E-state index in [-0.39, 0.29) is 0 Å². The Morgan fingerprint density at radius 3 is 2.90 bits per heavy atom. The lowest BCUT2D eigenvalue weighted by atomic mass is 10.3. The molecule has 0 saturated carbocycles. The molecule has 2 aromatic heterocycles. The van der Waals surface area contributed by atoms with Gasteiger partial charge in [-0.3, -0.25) is 0 Å². The predicted molar refractivity (Wildman–Crippen MR) is 85.9 cm³/mol. The number of anilines is 3. The fourth-order valence-electron chi connectivity index (χ4n) is 1.81. The lowest BCUT2D eigenvalue weighted by Gasteiger charge is -2.11. The molecule has 102 valence electrons. The summed E-state index contributed by atoms with van der Waals surface area (Å²) in [5.41, 5.74) is 4.14. The average molecular weight is 398 g/mol. The van der Waals surface area contributed by atoms with Gasteiger partial charge in [-0.05, 0) is 34.1 Å². The number of rotatable bonds is 3. The van der Waals surface area contributed by atoms with Crippen molar-refractivity contribution in [2.75, 3.05) is 10.7 Å². The van der Waals surface area contributed by atoms with E-state index in [0.717, 1.165) is 20.3 Å². The van der Waals surface area contributed by atoms with Crippen molar-refractivity contribution in [1.29, 1.82) is 0 Å². The first-order valence-electron chi connectivity index (χ1n) is 5.70. The minimum absolute atomic E-state index is 0.545. The fourth-order valence-corrected chi connectivity index (χ4v) is 2.51. The van der Waals surface area contributed by atoms with Gasteiger partial charge in [0, 0.05) is 21.3 Å². The number of nitrogens with two attached hydrogens (primary N) is 1. The van der Waals surface area contributed by atoms with E-state index in [1.54, 1.807) is 12.4 Å². The van der Waals surface area contributed by atoms with E-state index < -0.39 is 0 Å². The highest BCUT2D eigenvalue weighted by atomic mass is 79.9. The van der Waals surface area contributed by atoms with E-state index in [0.29, 0.717) is 11.6 Å². The molecule has 0 saturated heterocycles. The van der Waals surface area contributed by atoms with Crippen LogP contribution >= 0.6 is 31.9 Å². The number of hydrogen-bond acceptors (Lipinski definition) is 5. The van der Waals surface area contributed by atoms with Gasteiger partial charge in [-0.15, -0.1) is 0 Å². The van der Waals surface area contributed by atoms with E-state index in [9.17, 15) is 0 Å². The Kier molecular flexibility index (Phi) is 3.60. The summed E-state index contributed by atoms with van der Waals surface area (Å²) in [5, 5.41) is 3.25. The number of fused-ring (bicyclic) bond motifs is 1. The molecule has 4 N–H and O–H groups in total. The monoisotopic (exact) mass is 396 g/mol. The molecule has 0 spiro atoms. The third kappa shape index (κ3) is 2.49. The molecule has 0 radical (unpaired) electrons. The van der Waals surface area contributed by atoms with Gasteiger partial charge in [-0.1, -0.05) is 15.9 Å². The zero-order valence-corrected chi connectivity index (χ0v) is 13.3. The molecule has 6 nitrogen and oxygen atoms in total. The van der Waals surface area contributed by atoms with E-state index in [2.05, 4.69) is 52.6 Å². The molecule has 0 aliphatic heterocycles. The summed E-state index contributed by atoms with van der Waals surface area (Å²) in [7, 11) is 0. The van der Waals surface area contributed by atoms with Crippen LogP contribution in [0.3, 0.4) is 0 Å². The van der Waals surface area contributed by atoms with Crippen molar-refractivity contribution in [3.8, 4) is 0 Å². The molecular formula is C12H10Br2N6. The minimum Gasteiger partial charge on any atom is -0.336 e. The topological polar surface area (TPSA) is 80.3 Å². The van der Waals surface area contributed by atoms with Crippen LogP contribution in [0.25, 0.3) is 5.65 Å². The Bertz CT molecular complexity index is 770. The second-order valence-corrected chi connectivity index (χ2v) is 5.80. The summed E-state index contributed by atoms with van der Waals surface area (Å²) in [6.07, 6.45) is 5.31. The summed E-state index contributed by atoms with van der Waals surface area (Å²) >= 11 is 6.95. The smallest absolute Gasteiger partial charge is 0.180 e. The maximum Gasteiger partial charge on any atom is 0.180 e. The molecule has 8 heteroatoms. The molecule has 0 fully saturated rings. The van der Waals surface area contributed by atoms with Crippen molar-refractivity contribution in [2.24, 2.45) is 5.84 Å². The number of hydrazine groups is 1. The van der Waals surface area contributed by atoms with Gasteiger partial charge in [0.05, 0.1) is 11.9 Å². The van der Waals surface area contributed by atoms with Gasteiger partial charge in [0.1, 0.15) is 0 Å². The second-order valence-electron chi connectivity index (χ2n) is 4.03. The molecule has 2 heterocycles. The summed E-state index contributed by atoms with van der Waals surface area (Å²) in [4.78, 5) is 8.68. The van der Waals surface area contributed by atoms with Crippen LogP contribution in [0, 0.1) is 0 Å². The lowest BCUT2D eigenvalue weighted by Crippen LogP contribution is -2.11. The molecule has 20 heavy (non-hydrogen) atoms. The third-order valence-electron chi connectivity index (χ3n) is 2.70. The van der Waals surface area contributed by atoms with Gasteiger partial charge in [0.25, 0.3) is 0 Å². The summed E-state index contributed by atoms with van der Waals surface area (Å²) in [5.74, 6) is 6.60. The van der Waals surface area contributed by atoms with E-state index in [4.69, 9.17) is 5.84 Å². The summed E-state index contributed by atoms with van der Waals surface area (Å²) in [6.45, 7) is 0. The number of halogens is 2. The van der Waals surface area contributed by atoms with Gasteiger partial charge in [-0.25, -0.2) is 15.8 Å². The van der Waals surface area contributed by atoms with Crippen LogP contribution in [0.5, 0.6) is 0 Å². The maximum atomic E-state index is 5.44. The first-order valence-corrected chi connectivity index (χ1v) is 7.28. The molecule has 0 bridgehead atoms. The van der Waals surface area contributed by atoms with Crippen molar-refractivity contribution in [1.82, 2.24) is 14.4 Å². The number of nitrogen functional groups attached to an aromatic ring is 1. The van der Waals surface area contributed by atoms with Crippen LogP contribution < -0.4 is 16.6 Å². The molecule has 0 unspecified atom stereocenters. The normalized spacial score (nSPS) is 10.8. The number of benzene rings is 1. The van der Waals surface area contributed by atoms with Crippen LogP contribution in [0.4, 0.5) is 17.3 Å². The minimum atomic E-state index is 0.545. The second kappa shape index (κ2) is 5.39. The Morgan fingerprint density at radius 1 is 1.25 bits per heavy atom. The number of aromatic nitrogens is 3. The van der Waals surface area contributed by atoms with Crippen molar-refractivity contribution in [2.45, 2.75) is 0 Å². The Hall–Kier alpha value is -1.64. The van der Waals surface area contributed by atoms with Crippen molar-refractivity contribution in [3.63, 3.8) is 0 Å². The van der Waals surface area contributed by atoms with Gasteiger partial charge in [0.15, 0.2) is 17.3 Å². The van der Waals surface area contributed by atoms with Crippen LogP contribution in [0.15, 0.2) is 45.7 Å². The van der Waals surface area contributed by atoms with Gasteiger partial charge in [-0.2, -0.15) is 0 Å². The predicted octanol–water partition coefficient (Wildman–Crippen LogP) is 3.28. The number of hydrogen-bond donors (Lipinski definition) is 3. The van der Waals surface area contributed by atoms with Crippen LogP contribution in [0.1, 0.15) is 0 Å². The summed E-state index contributed by atoms with van der Waals surface area (Å²) in [6, 6.07) is 5.85. The zero-order chi connectivity index (χ0) is 14.1. The van der Waals surface area contributed by atoms with Crippen LogP contribution in [-0.4, -0.2) is 14.4 Å². The maximum absolute atomic E-state index is 5.44. The average Bonchev–Trinajstić information content (AvgIpc) is 2.91. The molecule has 3 aromatic rings. The highest BCUT2D eigenvalue weighted by molar-refractivity contribution is 9.11. The molecule has 0 aliphatic rings.